The van der Waals surface area contributed by atoms with E-state index in [1.54, 1.807) is 32.5 Å². The van der Waals surface area contributed by atoms with Gasteiger partial charge in [0.15, 0.2) is 17.5 Å². The number of guanidine groups is 1. The summed E-state index contributed by atoms with van der Waals surface area (Å²) >= 11 is 0. The van der Waals surface area contributed by atoms with Gasteiger partial charge in [-0.25, -0.2) is 4.99 Å². The number of aliphatic hydroxyl groups is 1. The molecule has 0 saturated carbocycles. The SMILES string of the molecule is CCNC(=NCc1ccccc1Cn1cccn1)NCC(O)c1ccc(OC)c(OC)c1. The number of hydrogen-bond acceptors (Lipinski definition) is 5. The number of aliphatic hydroxyl groups excluding tert-OH is 1. The van der Waals surface area contributed by atoms with E-state index >= 15 is 0 Å². The summed E-state index contributed by atoms with van der Waals surface area (Å²) in [5.74, 6) is 1.85. The van der Waals surface area contributed by atoms with Crippen molar-refractivity contribution in [3.05, 3.63) is 77.6 Å². The average Bonchev–Trinajstić information content (AvgIpc) is 3.34. The van der Waals surface area contributed by atoms with Crippen LogP contribution in [0.15, 0.2) is 65.9 Å². The Morgan fingerprint density at radius 2 is 1.84 bits per heavy atom. The lowest BCUT2D eigenvalue weighted by Crippen LogP contribution is -2.39. The lowest BCUT2D eigenvalue weighted by Gasteiger charge is -2.17. The van der Waals surface area contributed by atoms with Gasteiger partial charge in [-0.3, -0.25) is 4.68 Å². The van der Waals surface area contributed by atoms with Crippen LogP contribution in [0.1, 0.15) is 29.7 Å². The number of ether oxygens (including phenoxy) is 2. The van der Waals surface area contributed by atoms with E-state index in [-0.39, 0.29) is 0 Å². The Hall–Kier alpha value is -3.52. The van der Waals surface area contributed by atoms with Crippen molar-refractivity contribution in [2.75, 3.05) is 27.3 Å². The van der Waals surface area contributed by atoms with Crippen molar-refractivity contribution in [2.24, 2.45) is 4.99 Å². The van der Waals surface area contributed by atoms with Gasteiger partial charge >= 0.3 is 0 Å². The minimum Gasteiger partial charge on any atom is -0.493 e. The number of nitrogens with zero attached hydrogens (tertiary/aromatic N) is 3. The zero-order chi connectivity index (χ0) is 22.8. The van der Waals surface area contributed by atoms with Crippen molar-refractivity contribution < 1.29 is 14.6 Å². The fourth-order valence-electron chi connectivity index (χ4n) is 3.31. The Morgan fingerprint density at radius 1 is 1.06 bits per heavy atom. The molecule has 0 spiro atoms. The van der Waals surface area contributed by atoms with E-state index in [2.05, 4.69) is 27.9 Å². The van der Waals surface area contributed by atoms with E-state index in [4.69, 9.17) is 14.5 Å². The Labute approximate surface area is 188 Å². The van der Waals surface area contributed by atoms with Crippen LogP contribution in [0.3, 0.4) is 0 Å². The van der Waals surface area contributed by atoms with E-state index < -0.39 is 6.10 Å². The Bertz CT molecular complexity index is 1000. The molecule has 3 N–H and O–H groups in total. The predicted octanol–water partition coefficient (Wildman–Crippen LogP) is 2.74. The summed E-state index contributed by atoms with van der Waals surface area (Å²) in [7, 11) is 3.16. The van der Waals surface area contributed by atoms with Gasteiger partial charge in [0.1, 0.15) is 0 Å². The van der Waals surface area contributed by atoms with Gasteiger partial charge in [0, 0.05) is 25.5 Å². The minimum absolute atomic E-state index is 0.302. The molecule has 0 bridgehead atoms. The second-order valence-corrected chi connectivity index (χ2v) is 7.18. The summed E-state index contributed by atoms with van der Waals surface area (Å²) in [6.45, 7) is 4.23. The molecule has 2 aromatic carbocycles. The van der Waals surface area contributed by atoms with Gasteiger partial charge in [0.2, 0.25) is 0 Å². The molecule has 0 aliphatic heterocycles. The van der Waals surface area contributed by atoms with Crippen LogP contribution >= 0.6 is 0 Å². The smallest absolute Gasteiger partial charge is 0.191 e. The van der Waals surface area contributed by atoms with Gasteiger partial charge in [-0.05, 0) is 41.8 Å². The van der Waals surface area contributed by atoms with Crippen LogP contribution < -0.4 is 20.1 Å². The van der Waals surface area contributed by atoms with Crippen molar-refractivity contribution in [1.82, 2.24) is 20.4 Å². The van der Waals surface area contributed by atoms with Gasteiger partial charge < -0.3 is 25.2 Å². The van der Waals surface area contributed by atoms with Crippen LogP contribution in [0.4, 0.5) is 0 Å². The molecule has 0 fully saturated rings. The first-order valence-corrected chi connectivity index (χ1v) is 10.6. The minimum atomic E-state index is -0.731. The first-order valence-electron chi connectivity index (χ1n) is 10.6. The maximum atomic E-state index is 10.6. The predicted molar refractivity (Wildman–Crippen MR) is 125 cm³/mol. The molecule has 0 aliphatic carbocycles. The monoisotopic (exact) mass is 437 g/mol. The summed E-state index contributed by atoms with van der Waals surface area (Å²) in [6, 6.07) is 15.5. The van der Waals surface area contributed by atoms with Crippen LogP contribution in [0.25, 0.3) is 0 Å². The summed E-state index contributed by atoms with van der Waals surface area (Å²) in [5.41, 5.74) is 3.03. The molecule has 1 aromatic heterocycles. The molecule has 1 heterocycles. The Kier molecular flexibility index (Phi) is 8.51. The lowest BCUT2D eigenvalue weighted by molar-refractivity contribution is 0.180. The summed E-state index contributed by atoms with van der Waals surface area (Å²) < 4.78 is 12.5. The maximum Gasteiger partial charge on any atom is 0.191 e. The summed E-state index contributed by atoms with van der Waals surface area (Å²) in [5, 5.41) is 21.4. The highest BCUT2D eigenvalue weighted by Crippen LogP contribution is 2.29. The van der Waals surface area contributed by atoms with Crippen molar-refractivity contribution in [2.45, 2.75) is 26.1 Å². The van der Waals surface area contributed by atoms with Gasteiger partial charge in [-0.15, -0.1) is 0 Å². The third kappa shape index (κ3) is 6.24. The molecule has 0 saturated heterocycles. The summed E-state index contributed by atoms with van der Waals surface area (Å²) in [6.07, 6.45) is 2.99. The Balaban J connectivity index is 1.66. The van der Waals surface area contributed by atoms with Crippen LogP contribution in [-0.4, -0.2) is 48.2 Å². The third-order valence-corrected chi connectivity index (χ3v) is 5.02. The molecule has 1 unspecified atom stereocenters. The first kappa shape index (κ1) is 23.1. The second kappa shape index (κ2) is 11.8. The van der Waals surface area contributed by atoms with E-state index in [1.165, 1.54) is 5.56 Å². The fraction of sp³-hybridized carbons (Fsp3) is 0.333. The fourth-order valence-corrected chi connectivity index (χ4v) is 3.31. The average molecular weight is 438 g/mol. The maximum absolute atomic E-state index is 10.6. The van der Waals surface area contributed by atoms with E-state index in [9.17, 15) is 5.11 Å². The zero-order valence-corrected chi connectivity index (χ0v) is 18.8. The molecule has 0 radical (unpaired) electrons. The zero-order valence-electron chi connectivity index (χ0n) is 18.8. The highest BCUT2D eigenvalue weighted by Gasteiger charge is 2.12. The first-order chi connectivity index (χ1) is 15.6. The number of rotatable bonds is 10. The molecular formula is C24H31N5O3. The normalized spacial score (nSPS) is 12.3. The van der Waals surface area contributed by atoms with Crippen molar-refractivity contribution >= 4 is 5.96 Å². The number of nitrogens with one attached hydrogen (secondary N) is 2. The standard InChI is InChI=1S/C24H31N5O3/c1-4-25-24(27-16-21(30)18-10-11-22(31-2)23(14-18)32-3)26-15-19-8-5-6-9-20(19)17-29-13-7-12-28-29/h5-14,21,30H,4,15-17H2,1-3H3,(H2,25,26,27). The summed E-state index contributed by atoms with van der Waals surface area (Å²) in [4.78, 5) is 4.71. The highest BCUT2D eigenvalue weighted by atomic mass is 16.5. The van der Waals surface area contributed by atoms with Gasteiger partial charge in [0.05, 0.1) is 33.4 Å². The molecule has 8 heteroatoms. The largest absolute Gasteiger partial charge is 0.493 e. The van der Waals surface area contributed by atoms with E-state index in [1.807, 2.05) is 42.1 Å². The Morgan fingerprint density at radius 3 is 2.53 bits per heavy atom. The van der Waals surface area contributed by atoms with Crippen LogP contribution in [0.5, 0.6) is 11.5 Å². The molecule has 1 atom stereocenters. The van der Waals surface area contributed by atoms with E-state index in [0.29, 0.717) is 43.6 Å². The quantitative estimate of drug-likeness (QED) is 0.334. The van der Waals surface area contributed by atoms with Gasteiger partial charge in [-0.1, -0.05) is 30.3 Å². The van der Waals surface area contributed by atoms with E-state index in [0.717, 1.165) is 11.1 Å². The molecule has 3 aromatic rings. The van der Waals surface area contributed by atoms with Crippen LogP contribution in [0.2, 0.25) is 0 Å². The molecule has 0 amide bonds. The number of methoxy groups -OCH3 is 2. The molecule has 8 nitrogen and oxygen atoms in total. The number of aromatic nitrogens is 2. The van der Waals surface area contributed by atoms with Crippen LogP contribution in [0, 0.1) is 0 Å². The molecule has 3 rings (SSSR count). The second-order valence-electron chi connectivity index (χ2n) is 7.18. The third-order valence-electron chi connectivity index (χ3n) is 5.02. The number of hydrogen-bond donors (Lipinski definition) is 3. The van der Waals surface area contributed by atoms with Gasteiger partial charge in [-0.2, -0.15) is 5.10 Å². The highest BCUT2D eigenvalue weighted by molar-refractivity contribution is 5.79. The molecule has 170 valence electrons. The lowest BCUT2D eigenvalue weighted by atomic mass is 10.1. The number of aliphatic imine (C=N–C) groups is 1. The van der Waals surface area contributed by atoms with Crippen molar-refractivity contribution in [1.29, 1.82) is 0 Å². The molecule has 32 heavy (non-hydrogen) atoms. The van der Waals surface area contributed by atoms with Crippen molar-refractivity contribution in [3.63, 3.8) is 0 Å². The van der Waals surface area contributed by atoms with Crippen LogP contribution in [-0.2, 0) is 13.1 Å². The molecule has 0 aliphatic rings. The topological polar surface area (TPSA) is 92.9 Å². The van der Waals surface area contributed by atoms with Gasteiger partial charge in [0.25, 0.3) is 0 Å². The molecular weight excluding hydrogens is 406 g/mol. The van der Waals surface area contributed by atoms with Crippen molar-refractivity contribution in [3.8, 4) is 11.5 Å². The number of benzene rings is 2.